The Morgan fingerprint density at radius 2 is 2.00 bits per heavy atom. The van der Waals surface area contributed by atoms with Crippen LogP contribution in [0, 0.1) is 0 Å². The Bertz CT molecular complexity index is 1020. The maximum absolute atomic E-state index is 12.1. The predicted molar refractivity (Wildman–Crippen MR) is 112 cm³/mol. The fourth-order valence-electron chi connectivity index (χ4n) is 3.74. The molecule has 1 aliphatic heterocycles. The molecule has 0 saturated carbocycles. The van der Waals surface area contributed by atoms with Gasteiger partial charge in [0.15, 0.2) is 0 Å². The van der Waals surface area contributed by atoms with Crippen molar-refractivity contribution in [2.75, 3.05) is 31.5 Å². The first kappa shape index (κ1) is 18.9. The average molecular weight is 399 g/mol. The molecule has 4 rings (SSSR count). The van der Waals surface area contributed by atoms with Crippen molar-refractivity contribution in [2.24, 2.45) is 0 Å². The van der Waals surface area contributed by atoms with Crippen LogP contribution in [0.15, 0.2) is 53.3 Å². The SMILES string of the molecule is O=c1[nH]c(NCCCN2CCC(O)(c3ccc(Cl)cc3)C2)nc2ccccc12. The molecule has 1 atom stereocenters. The lowest BCUT2D eigenvalue weighted by molar-refractivity contribution is 0.0461. The van der Waals surface area contributed by atoms with Gasteiger partial charge in [-0.25, -0.2) is 4.98 Å². The molecule has 0 radical (unpaired) electrons. The van der Waals surface area contributed by atoms with Gasteiger partial charge in [0.2, 0.25) is 5.95 Å². The number of rotatable bonds is 6. The number of aromatic amines is 1. The molecule has 0 spiro atoms. The molecule has 6 nitrogen and oxygen atoms in total. The van der Waals surface area contributed by atoms with Gasteiger partial charge < -0.3 is 10.4 Å². The summed E-state index contributed by atoms with van der Waals surface area (Å²) in [6.45, 7) is 3.02. The highest BCUT2D eigenvalue weighted by molar-refractivity contribution is 6.30. The molecule has 146 valence electrons. The van der Waals surface area contributed by atoms with E-state index in [1.807, 2.05) is 42.5 Å². The topological polar surface area (TPSA) is 81.2 Å². The normalized spacial score (nSPS) is 19.9. The van der Waals surface area contributed by atoms with Gasteiger partial charge in [-0.05, 0) is 49.2 Å². The number of fused-ring (bicyclic) bond motifs is 1. The highest BCUT2D eigenvalue weighted by Crippen LogP contribution is 2.32. The summed E-state index contributed by atoms with van der Waals surface area (Å²) in [5.74, 6) is 0.489. The summed E-state index contributed by atoms with van der Waals surface area (Å²) in [4.78, 5) is 21.6. The number of nitrogens with one attached hydrogen (secondary N) is 2. The summed E-state index contributed by atoms with van der Waals surface area (Å²) in [7, 11) is 0. The second-order valence-electron chi connectivity index (χ2n) is 7.28. The maximum atomic E-state index is 12.1. The summed E-state index contributed by atoms with van der Waals surface area (Å²) in [5, 5.41) is 15.4. The number of β-amino-alcohol motifs (C(OH)–C–C–N with tert-alkyl or cyclic N) is 1. The van der Waals surface area contributed by atoms with Gasteiger partial charge in [-0.1, -0.05) is 35.9 Å². The van der Waals surface area contributed by atoms with Crippen molar-refractivity contribution in [3.63, 3.8) is 0 Å². The molecule has 1 fully saturated rings. The van der Waals surface area contributed by atoms with Crippen LogP contribution in [-0.2, 0) is 5.60 Å². The smallest absolute Gasteiger partial charge is 0.260 e. The lowest BCUT2D eigenvalue weighted by atomic mass is 9.93. The molecule has 0 amide bonds. The Balaban J connectivity index is 1.29. The summed E-state index contributed by atoms with van der Waals surface area (Å²) in [5.41, 5.74) is 0.640. The quantitative estimate of drug-likeness (QED) is 0.556. The van der Waals surface area contributed by atoms with Gasteiger partial charge in [-0.3, -0.25) is 14.7 Å². The largest absolute Gasteiger partial charge is 0.384 e. The molecule has 0 bridgehead atoms. The Morgan fingerprint density at radius 1 is 1.21 bits per heavy atom. The van der Waals surface area contributed by atoms with Gasteiger partial charge in [0.05, 0.1) is 10.9 Å². The molecule has 0 aliphatic carbocycles. The molecular weight excluding hydrogens is 376 g/mol. The highest BCUT2D eigenvalue weighted by Gasteiger charge is 2.37. The van der Waals surface area contributed by atoms with Crippen molar-refractivity contribution in [3.05, 3.63) is 69.5 Å². The summed E-state index contributed by atoms with van der Waals surface area (Å²) >= 11 is 5.94. The minimum atomic E-state index is -0.816. The minimum absolute atomic E-state index is 0.138. The van der Waals surface area contributed by atoms with Crippen LogP contribution in [0.1, 0.15) is 18.4 Å². The van der Waals surface area contributed by atoms with Crippen LogP contribution < -0.4 is 10.9 Å². The zero-order chi connectivity index (χ0) is 19.6. The van der Waals surface area contributed by atoms with Crippen LogP contribution in [-0.4, -0.2) is 46.2 Å². The van der Waals surface area contributed by atoms with Crippen LogP contribution >= 0.6 is 11.6 Å². The number of nitrogens with zero attached hydrogens (tertiary/aromatic N) is 2. The van der Waals surface area contributed by atoms with Gasteiger partial charge in [0.1, 0.15) is 5.60 Å². The van der Waals surface area contributed by atoms with E-state index in [1.54, 1.807) is 6.07 Å². The first-order valence-electron chi connectivity index (χ1n) is 9.47. The summed E-state index contributed by atoms with van der Waals surface area (Å²) in [6, 6.07) is 14.7. The minimum Gasteiger partial charge on any atom is -0.384 e. The number of hydrogen-bond acceptors (Lipinski definition) is 5. The molecule has 3 aromatic rings. The van der Waals surface area contributed by atoms with Crippen molar-refractivity contribution in [1.82, 2.24) is 14.9 Å². The van der Waals surface area contributed by atoms with Crippen molar-refractivity contribution >= 4 is 28.5 Å². The van der Waals surface area contributed by atoms with E-state index in [1.165, 1.54) is 0 Å². The van der Waals surface area contributed by atoms with E-state index in [-0.39, 0.29) is 5.56 Å². The van der Waals surface area contributed by atoms with Crippen molar-refractivity contribution < 1.29 is 5.11 Å². The van der Waals surface area contributed by atoms with Gasteiger partial charge >= 0.3 is 0 Å². The lowest BCUT2D eigenvalue weighted by Gasteiger charge is -2.24. The monoisotopic (exact) mass is 398 g/mol. The second-order valence-corrected chi connectivity index (χ2v) is 7.71. The van der Waals surface area contributed by atoms with Crippen LogP contribution in [0.3, 0.4) is 0 Å². The standard InChI is InChI=1S/C21H23ClN4O2/c22-16-8-6-15(7-9-16)21(28)10-13-26(14-21)12-3-11-23-20-24-18-5-2-1-4-17(18)19(27)25-20/h1-2,4-9,28H,3,10-14H2,(H2,23,24,25,27). The fraction of sp³-hybridized carbons (Fsp3) is 0.333. The van der Waals surface area contributed by atoms with Crippen LogP contribution in [0.5, 0.6) is 0 Å². The number of anilines is 1. The average Bonchev–Trinajstić information content (AvgIpc) is 3.08. The number of hydrogen-bond donors (Lipinski definition) is 3. The van der Waals surface area contributed by atoms with E-state index >= 15 is 0 Å². The summed E-state index contributed by atoms with van der Waals surface area (Å²) in [6.07, 6.45) is 1.59. The number of halogens is 1. The number of aliphatic hydroxyl groups is 1. The molecule has 3 N–H and O–H groups in total. The molecule has 7 heteroatoms. The Kier molecular flexibility index (Phi) is 5.35. The number of aromatic nitrogens is 2. The van der Waals surface area contributed by atoms with E-state index in [0.29, 0.717) is 41.4 Å². The van der Waals surface area contributed by atoms with E-state index in [0.717, 1.165) is 25.1 Å². The predicted octanol–water partition coefficient (Wildman–Crippen LogP) is 2.97. The third kappa shape index (κ3) is 4.04. The van der Waals surface area contributed by atoms with E-state index in [2.05, 4.69) is 20.2 Å². The number of para-hydroxylation sites is 1. The fourth-order valence-corrected chi connectivity index (χ4v) is 3.86. The Morgan fingerprint density at radius 3 is 2.82 bits per heavy atom. The first-order valence-corrected chi connectivity index (χ1v) is 9.85. The number of likely N-dealkylation sites (tertiary alicyclic amines) is 1. The zero-order valence-corrected chi connectivity index (χ0v) is 16.2. The van der Waals surface area contributed by atoms with E-state index in [9.17, 15) is 9.90 Å². The van der Waals surface area contributed by atoms with Crippen LogP contribution in [0.4, 0.5) is 5.95 Å². The first-order chi connectivity index (χ1) is 13.5. The third-order valence-corrected chi connectivity index (χ3v) is 5.52. The van der Waals surface area contributed by atoms with Crippen molar-refractivity contribution in [2.45, 2.75) is 18.4 Å². The van der Waals surface area contributed by atoms with Gasteiger partial charge in [-0.2, -0.15) is 0 Å². The molecule has 2 heterocycles. The highest BCUT2D eigenvalue weighted by atomic mass is 35.5. The molecule has 28 heavy (non-hydrogen) atoms. The van der Waals surface area contributed by atoms with Crippen molar-refractivity contribution in [1.29, 1.82) is 0 Å². The Hall–Kier alpha value is -2.41. The van der Waals surface area contributed by atoms with E-state index < -0.39 is 5.60 Å². The second kappa shape index (κ2) is 7.91. The zero-order valence-electron chi connectivity index (χ0n) is 15.5. The molecule has 1 unspecified atom stereocenters. The molecular formula is C21H23ClN4O2. The molecule has 1 aromatic heterocycles. The summed E-state index contributed by atoms with van der Waals surface area (Å²) < 4.78 is 0. The number of H-pyrrole nitrogens is 1. The van der Waals surface area contributed by atoms with Crippen LogP contribution in [0.2, 0.25) is 5.02 Å². The van der Waals surface area contributed by atoms with Crippen LogP contribution in [0.25, 0.3) is 10.9 Å². The molecule has 1 aliphatic rings. The lowest BCUT2D eigenvalue weighted by Crippen LogP contribution is -2.31. The number of benzene rings is 2. The van der Waals surface area contributed by atoms with Gasteiger partial charge in [0, 0.05) is 24.7 Å². The van der Waals surface area contributed by atoms with Crippen molar-refractivity contribution in [3.8, 4) is 0 Å². The maximum Gasteiger partial charge on any atom is 0.260 e. The Labute approximate surface area is 168 Å². The van der Waals surface area contributed by atoms with E-state index in [4.69, 9.17) is 11.6 Å². The molecule has 1 saturated heterocycles. The van der Waals surface area contributed by atoms with Gasteiger partial charge in [-0.15, -0.1) is 0 Å². The molecule has 2 aromatic carbocycles. The third-order valence-electron chi connectivity index (χ3n) is 5.26. The van der Waals surface area contributed by atoms with Gasteiger partial charge in [0.25, 0.3) is 5.56 Å².